The zero-order valence-electron chi connectivity index (χ0n) is 12.2. The first-order valence-corrected chi connectivity index (χ1v) is 8.64. The Morgan fingerprint density at radius 2 is 2.00 bits per heavy atom. The van der Waals surface area contributed by atoms with Crippen molar-refractivity contribution >= 4 is 10.0 Å². The molecule has 1 aliphatic rings. The Hall–Kier alpha value is -0.910. The summed E-state index contributed by atoms with van der Waals surface area (Å²) in [5.74, 6) is 0.592. The van der Waals surface area contributed by atoms with Crippen LogP contribution in [0.3, 0.4) is 0 Å². The van der Waals surface area contributed by atoms with Crippen molar-refractivity contribution in [3.63, 3.8) is 0 Å². The highest BCUT2D eigenvalue weighted by atomic mass is 32.2. The zero-order valence-corrected chi connectivity index (χ0v) is 13.0. The van der Waals surface area contributed by atoms with E-state index < -0.39 is 10.0 Å². The van der Waals surface area contributed by atoms with Gasteiger partial charge in [0.25, 0.3) is 0 Å². The first kappa shape index (κ1) is 15.5. The van der Waals surface area contributed by atoms with Gasteiger partial charge in [-0.3, -0.25) is 0 Å². The van der Waals surface area contributed by atoms with E-state index in [1.54, 1.807) is 11.4 Å². The van der Waals surface area contributed by atoms with Gasteiger partial charge in [-0.15, -0.1) is 0 Å². The Bertz CT molecular complexity index is 534. The molecule has 0 saturated carbocycles. The Balaban J connectivity index is 1.98. The second kappa shape index (κ2) is 6.70. The molecule has 1 aromatic rings. The molecule has 2 rings (SSSR count). The molecule has 4 nitrogen and oxygen atoms in total. The summed E-state index contributed by atoms with van der Waals surface area (Å²) in [7, 11) is -1.50. The lowest BCUT2D eigenvalue weighted by Crippen LogP contribution is -2.39. The van der Waals surface area contributed by atoms with Crippen molar-refractivity contribution in [3.05, 3.63) is 35.4 Å². The minimum atomic E-state index is -3.20. The van der Waals surface area contributed by atoms with E-state index in [0.717, 1.165) is 30.6 Å². The van der Waals surface area contributed by atoms with Crippen molar-refractivity contribution in [2.75, 3.05) is 26.8 Å². The van der Waals surface area contributed by atoms with E-state index in [9.17, 15) is 8.42 Å². The van der Waals surface area contributed by atoms with Crippen LogP contribution in [-0.4, -0.2) is 39.5 Å². The van der Waals surface area contributed by atoms with E-state index in [2.05, 4.69) is 0 Å². The first-order chi connectivity index (χ1) is 9.51. The van der Waals surface area contributed by atoms with Crippen LogP contribution in [0.5, 0.6) is 0 Å². The van der Waals surface area contributed by atoms with Gasteiger partial charge in [-0.1, -0.05) is 29.8 Å². The van der Waals surface area contributed by atoms with Crippen LogP contribution in [0.25, 0.3) is 0 Å². The van der Waals surface area contributed by atoms with E-state index in [-0.39, 0.29) is 5.75 Å². The maximum atomic E-state index is 12.4. The van der Waals surface area contributed by atoms with Crippen LogP contribution < -0.4 is 0 Å². The van der Waals surface area contributed by atoms with Crippen molar-refractivity contribution < 1.29 is 13.2 Å². The van der Waals surface area contributed by atoms with E-state index >= 15 is 0 Å². The predicted molar refractivity (Wildman–Crippen MR) is 80.0 cm³/mol. The van der Waals surface area contributed by atoms with Crippen molar-refractivity contribution in [3.8, 4) is 0 Å². The van der Waals surface area contributed by atoms with E-state index in [1.807, 2.05) is 31.2 Å². The molecule has 0 radical (unpaired) electrons. The van der Waals surface area contributed by atoms with Gasteiger partial charge in [0.2, 0.25) is 10.0 Å². The minimum absolute atomic E-state index is 0.101. The third-order valence-corrected chi connectivity index (χ3v) is 5.65. The summed E-state index contributed by atoms with van der Waals surface area (Å²) in [5.41, 5.74) is 1.96. The Morgan fingerprint density at radius 1 is 1.30 bits per heavy atom. The smallest absolute Gasteiger partial charge is 0.218 e. The van der Waals surface area contributed by atoms with Crippen LogP contribution in [0.4, 0.5) is 0 Å². The number of methoxy groups -OCH3 is 1. The first-order valence-electron chi connectivity index (χ1n) is 7.03. The Kier molecular flexibility index (Phi) is 5.18. The van der Waals surface area contributed by atoms with Crippen molar-refractivity contribution in [2.45, 2.75) is 25.5 Å². The van der Waals surface area contributed by atoms with Crippen LogP contribution >= 0.6 is 0 Å². The average molecular weight is 297 g/mol. The molecule has 0 atom stereocenters. The van der Waals surface area contributed by atoms with Crippen LogP contribution in [0.1, 0.15) is 24.0 Å². The molecule has 1 aromatic carbocycles. The Morgan fingerprint density at radius 3 is 2.60 bits per heavy atom. The van der Waals surface area contributed by atoms with Gasteiger partial charge >= 0.3 is 0 Å². The number of ether oxygens (including phenoxy) is 1. The molecule has 0 unspecified atom stereocenters. The molecule has 112 valence electrons. The van der Waals surface area contributed by atoms with Crippen LogP contribution in [0, 0.1) is 12.8 Å². The summed E-state index contributed by atoms with van der Waals surface area (Å²) in [5, 5.41) is 0. The molecule has 5 heteroatoms. The summed E-state index contributed by atoms with van der Waals surface area (Å²) in [6.45, 7) is 3.93. The lowest BCUT2D eigenvalue weighted by atomic mass is 9.99. The molecule has 1 aliphatic heterocycles. The SMILES string of the molecule is COCC1CCN(S(=O)(=O)Cc2cccc(C)c2)CC1. The minimum Gasteiger partial charge on any atom is -0.384 e. The summed E-state index contributed by atoms with van der Waals surface area (Å²) >= 11 is 0. The highest BCUT2D eigenvalue weighted by molar-refractivity contribution is 7.88. The quantitative estimate of drug-likeness (QED) is 0.837. The van der Waals surface area contributed by atoms with Gasteiger partial charge in [0.1, 0.15) is 0 Å². The van der Waals surface area contributed by atoms with Crippen LogP contribution in [0.2, 0.25) is 0 Å². The number of rotatable bonds is 5. The molecule has 0 aromatic heterocycles. The van der Waals surface area contributed by atoms with Gasteiger partial charge in [-0.2, -0.15) is 0 Å². The molecule has 0 bridgehead atoms. The van der Waals surface area contributed by atoms with Crippen LogP contribution in [0.15, 0.2) is 24.3 Å². The van der Waals surface area contributed by atoms with Crippen molar-refractivity contribution in [2.24, 2.45) is 5.92 Å². The number of aryl methyl sites for hydroxylation is 1. The van der Waals surface area contributed by atoms with Gasteiger partial charge in [0, 0.05) is 26.8 Å². The predicted octanol–water partition coefficient (Wildman–Crippen LogP) is 2.18. The van der Waals surface area contributed by atoms with Gasteiger partial charge < -0.3 is 4.74 Å². The van der Waals surface area contributed by atoms with Gasteiger partial charge in [-0.05, 0) is 31.2 Å². The zero-order chi connectivity index (χ0) is 14.6. The molecule has 1 heterocycles. The lowest BCUT2D eigenvalue weighted by Gasteiger charge is -2.30. The molecule has 20 heavy (non-hydrogen) atoms. The molecule has 0 spiro atoms. The van der Waals surface area contributed by atoms with E-state index in [4.69, 9.17) is 4.74 Å². The maximum Gasteiger partial charge on any atom is 0.218 e. The maximum absolute atomic E-state index is 12.4. The second-order valence-electron chi connectivity index (χ2n) is 5.54. The fourth-order valence-electron chi connectivity index (χ4n) is 2.69. The van der Waals surface area contributed by atoms with Crippen molar-refractivity contribution in [1.82, 2.24) is 4.31 Å². The number of piperidine rings is 1. The molecule has 0 aliphatic carbocycles. The van der Waals surface area contributed by atoms with Gasteiger partial charge in [-0.25, -0.2) is 12.7 Å². The average Bonchev–Trinajstić information content (AvgIpc) is 2.39. The van der Waals surface area contributed by atoms with Gasteiger partial charge in [0.15, 0.2) is 0 Å². The topological polar surface area (TPSA) is 46.6 Å². The molecule has 0 amide bonds. The molecule has 0 N–H and O–H groups in total. The normalized spacial score (nSPS) is 18.3. The van der Waals surface area contributed by atoms with Crippen molar-refractivity contribution in [1.29, 1.82) is 0 Å². The number of hydrogen-bond donors (Lipinski definition) is 0. The highest BCUT2D eigenvalue weighted by Gasteiger charge is 2.27. The van der Waals surface area contributed by atoms with Crippen LogP contribution in [-0.2, 0) is 20.5 Å². The van der Waals surface area contributed by atoms with E-state index in [1.165, 1.54) is 0 Å². The molecule has 1 fully saturated rings. The number of sulfonamides is 1. The Labute approximate surface area is 121 Å². The third-order valence-electron chi connectivity index (χ3n) is 3.80. The number of nitrogens with zero attached hydrogens (tertiary/aromatic N) is 1. The summed E-state index contributed by atoms with van der Waals surface area (Å²) in [4.78, 5) is 0. The second-order valence-corrected chi connectivity index (χ2v) is 7.51. The van der Waals surface area contributed by atoms with E-state index in [0.29, 0.717) is 19.0 Å². The highest BCUT2D eigenvalue weighted by Crippen LogP contribution is 2.22. The number of benzene rings is 1. The summed E-state index contributed by atoms with van der Waals surface area (Å²) in [6, 6.07) is 7.70. The lowest BCUT2D eigenvalue weighted by molar-refractivity contribution is 0.121. The summed E-state index contributed by atoms with van der Waals surface area (Å²) in [6.07, 6.45) is 1.78. The molecular formula is C15H23NO3S. The molecular weight excluding hydrogens is 274 g/mol. The monoisotopic (exact) mass is 297 g/mol. The standard InChI is InChI=1S/C15H23NO3S/c1-13-4-3-5-15(10-13)12-20(17,18)16-8-6-14(7-9-16)11-19-2/h3-5,10,14H,6-9,11-12H2,1-2H3. The fourth-order valence-corrected chi connectivity index (χ4v) is 4.24. The fraction of sp³-hybridized carbons (Fsp3) is 0.600. The van der Waals surface area contributed by atoms with Gasteiger partial charge in [0.05, 0.1) is 5.75 Å². The third kappa shape index (κ3) is 4.04. The number of hydrogen-bond acceptors (Lipinski definition) is 3. The summed E-state index contributed by atoms with van der Waals surface area (Å²) < 4.78 is 31.6. The molecule has 1 saturated heterocycles. The largest absolute Gasteiger partial charge is 0.384 e.